The first kappa shape index (κ1) is 17.5. The third-order valence-corrected chi connectivity index (χ3v) is 7.31. The zero-order valence-electron chi connectivity index (χ0n) is 16.1. The molecule has 0 aromatic heterocycles. The van der Waals surface area contributed by atoms with Gasteiger partial charge in [-0.25, -0.2) is 0 Å². The van der Waals surface area contributed by atoms with Crippen LogP contribution in [-0.4, -0.2) is 59.6 Å². The van der Waals surface area contributed by atoms with E-state index in [0.29, 0.717) is 18.1 Å². The van der Waals surface area contributed by atoms with Crippen LogP contribution in [0.15, 0.2) is 0 Å². The van der Waals surface area contributed by atoms with Crippen LogP contribution < -0.4 is 0 Å². The standard InChI is InChI=1S/C20H31N3O2/c1-17(2)10-15(6-9-25-17)20(7-5-8-21)22-11-18(3)12-23(20)14-19(4,13-22)16(18)24/h15H,5-7,9-14H2,1-4H3. The minimum Gasteiger partial charge on any atom is -0.376 e. The molecule has 0 radical (unpaired) electrons. The maximum absolute atomic E-state index is 13.0. The molecule has 0 aromatic rings. The third-order valence-electron chi connectivity index (χ3n) is 7.31. The van der Waals surface area contributed by atoms with Crippen LogP contribution >= 0.6 is 0 Å². The highest BCUT2D eigenvalue weighted by Gasteiger charge is 2.68. The SMILES string of the molecule is CC1(C)CC(C2(CCC#N)N3CC4(C)CN2CC(C)(C3)C4=O)CCO1. The molecule has 5 saturated heterocycles. The van der Waals surface area contributed by atoms with E-state index in [1.807, 2.05) is 0 Å². The zero-order valence-corrected chi connectivity index (χ0v) is 16.1. The molecule has 0 aliphatic carbocycles. The Labute approximate surface area is 151 Å². The lowest BCUT2D eigenvalue weighted by Crippen LogP contribution is -2.84. The highest BCUT2D eigenvalue weighted by Crippen LogP contribution is 2.56. The molecule has 0 N–H and O–H groups in total. The fourth-order valence-corrected chi connectivity index (χ4v) is 6.56. The summed E-state index contributed by atoms with van der Waals surface area (Å²) in [6.07, 6.45) is 3.52. The second-order valence-corrected chi connectivity index (χ2v) is 10.00. The molecule has 0 spiro atoms. The maximum Gasteiger partial charge on any atom is 0.149 e. The monoisotopic (exact) mass is 345 g/mol. The van der Waals surface area contributed by atoms with E-state index >= 15 is 0 Å². The van der Waals surface area contributed by atoms with Crippen molar-refractivity contribution < 1.29 is 9.53 Å². The molecule has 5 nitrogen and oxygen atoms in total. The van der Waals surface area contributed by atoms with Gasteiger partial charge in [0, 0.05) is 39.2 Å². The number of carbonyl (C=O) groups is 1. The van der Waals surface area contributed by atoms with Crippen molar-refractivity contribution in [3.05, 3.63) is 0 Å². The average Bonchev–Trinajstić information content (AvgIpc) is 2.50. The van der Waals surface area contributed by atoms with Gasteiger partial charge in [0.15, 0.2) is 0 Å². The largest absolute Gasteiger partial charge is 0.376 e. The summed E-state index contributed by atoms with van der Waals surface area (Å²) in [5, 5.41) is 9.31. The molecule has 5 aliphatic rings. The van der Waals surface area contributed by atoms with Crippen molar-refractivity contribution in [1.29, 1.82) is 5.26 Å². The Morgan fingerprint density at radius 3 is 2.16 bits per heavy atom. The lowest BCUT2D eigenvalue weighted by Gasteiger charge is -2.72. The Bertz CT molecular complexity index is 595. The summed E-state index contributed by atoms with van der Waals surface area (Å²) in [7, 11) is 0. The van der Waals surface area contributed by atoms with Gasteiger partial charge in [-0.15, -0.1) is 0 Å². The molecule has 4 bridgehead atoms. The molecule has 5 heteroatoms. The number of Topliss-reactive ketones (excluding diaryl/α,β-unsaturated/α-hetero) is 1. The van der Waals surface area contributed by atoms with Crippen molar-refractivity contribution in [2.45, 2.75) is 64.6 Å². The van der Waals surface area contributed by atoms with E-state index < -0.39 is 0 Å². The summed E-state index contributed by atoms with van der Waals surface area (Å²) < 4.78 is 5.99. The minimum atomic E-state index is -0.248. The van der Waals surface area contributed by atoms with Gasteiger partial charge in [0.05, 0.1) is 28.2 Å². The van der Waals surface area contributed by atoms with Gasteiger partial charge in [-0.3, -0.25) is 14.6 Å². The minimum absolute atomic E-state index is 0.0729. The fourth-order valence-electron chi connectivity index (χ4n) is 6.56. The van der Waals surface area contributed by atoms with Crippen LogP contribution in [0.4, 0.5) is 0 Å². The predicted octanol–water partition coefficient (Wildman–Crippen LogP) is 2.42. The Morgan fingerprint density at radius 1 is 1.12 bits per heavy atom. The van der Waals surface area contributed by atoms with Gasteiger partial charge < -0.3 is 4.74 Å². The lowest BCUT2D eigenvalue weighted by atomic mass is 9.58. The van der Waals surface area contributed by atoms with Crippen LogP contribution in [0.5, 0.6) is 0 Å². The number of hydrogen-bond donors (Lipinski definition) is 0. The summed E-state index contributed by atoms with van der Waals surface area (Å²) in [6, 6.07) is 2.39. The van der Waals surface area contributed by atoms with E-state index in [1.165, 1.54) is 0 Å². The summed E-state index contributed by atoms with van der Waals surface area (Å²) in [4.78, 5) is 18.2. The van der Waals surface area contributed by atoms with E-state index in [0.717, 1.165) is 52.0 Å². The Balaban J connectivity index is 1.74. The first-order valence-corrected chi connectivity index (χ1v) is 9.71. The van der Waals surface area contributed by atoms with Gasteiger partial charge in [-0.1, -0.05) is 13.8 Å². The fraction of sp³-hybridized carbons (Fsp3) is 0.900. The van der Waals surface area contributed by atoms with Gasteiger partial charge in [0.2, 0.25) is 0 Å². The normalized spacial score (nSPS) is 50.7. The molecule has 5 rings (SSSR count). The number of nitriles is 1. The molecule has 0 saturated carbocycles. The number of rotatable bonds is 3. The topological polar surface area (TPSA) is 56.6 Å². The van der Waals surface area contributed by atoms with Crippen molar-refractivity contribution in [3.8, 4) is 6.07 Å². The average molecular weight is 345 g/mol. The molecule has 5 heterocycles. The van der Waals surface area contributed by atoms with E-state index in [-0.39, 0.29) is 22.1 Å². The molecular weight excluding hydrogens is 314 g/mol. The highest BCUT2D eigenvalue weighted by atomic mass is 16.5. The van der Waals surface area contributed by atoms with Crippen molar-refractivity contribution >= 4 is 5.78 Å². The van der Waals surface area contributed by atoms with E-state index in [9.17, 15) is 10.1 Å². The van der Waals surface area contributed by atoms with E-state index in [1.54, 1.807) is 0 Å². The van der Waals surface area contributed by atoms with Crippen LogP contribution in [0.25, 0.3) is 0 Å². The quantitative estimate of drug-likeness (QED) is 0.786. The van der Waals surface area contributed by atoms with E-state index in [2.05, 4.69) is 43.6 Å². The molecule has 0 aromatic carbocycles. The Hall–Kier alpha value is -0.960. The van der Waals surface area contributed by atoms with Crippen LogP contribution in [0.2, 0.25) is 0 Å². The van der Waals surface area contributed by atoms with Crippen LogP contribution in [0.3, 0.4) is 0 Å². The third kappa shape index (κ3) is 2.34. The number of nitrogens with zero attached hydrogens (tertiary/aromatic N) is 3. The van der Waals surface area contributed by atoms with Crippen molar-refractivity contribution in [2.24, 2.45) is 16.7 Å². The molecule has 1 unspecified atom stereocenters. The molecule has 25 heavy (non-hydrogen) atoms. The predicted molar refractivity (Wildman–Crippen MR) is 94.7 cm³/mol. The molecule has 0 amide bonds. The summed E-state index contributed by atoms with van der Waals surface area (Å²) in [5.41, 5.74) is -0.677. The van der Waals surface area contributed by atoms with Crippen LogP contribution in [-0.2, 0) is 9.53 Å². The van der Waals surface area contributed by atoms with Crippen molar-refractivity contribution in [2.75, 3.05) is 32.8 Å². The summed E-state index contributed by atoms with van der Waals surface area (Å²) >= 11 is 0. The van der Waals surface area contributed by atoms with Gasteiger partial charge in [0.25, 0.3) is 0 Å². The van der Waals surface area contributed by atoms with Crippen LogP contribution in [0.1, 0.15) is 53.4 Å². The number of piperidine rings is 2. The molecule has 1 atom stereocenters. The highest BCUT2D eigenvalue weighted by molar-refractivity contribution is 5.92. The van der Waals surface area contributed by atoms with Crippen molar-refractivity contribution in [1.82, 2.24) is 9.80 Å². The molecule has 5 aliphatic heterocycles. The first-order valence-electron chi connectivity index (χ1n) is 9.71. The van der Waals surface area contributed by atoms with Gasteiger partial charge in [0.1, 0.15) is 5.78 Å². The van der Waals surface area contributed by atoms with Crippen LogP contribution in [0, 0.1) is 28.1 Å². The second kappa shape index (κ2) is 5.28. The number of hydrogen-bond acceptors (Lipinski definition) is 5. The lowest BCUT2D eigenvalue weighted by molar-refractivity contribution is -0.260. The summed E-state index contributed by atoms with van der Waals surface area (Å²) in [6.45, 7) is 12.8. The zero-order chi connectivity index (χ0) is 18.1. The van der Waals surface area contributed by atoms with Gasteiger partial charge >= 0.3 is 0 Å². The number of ketones is 1. The Kier molecular flexibility index (Phi) is 3.69. The molecular formula is C20H31N3O2. The summed E-state index contributed by atoms with van der Waals surface area (Å²) in [5.74, 6) is 0.945. The first-order chi connectivity index (χ1) is 11.7. The van der Waals surface area contributed by atoms with Gasteiger partial charge in [-0.2, -0.15) is 5.26 Å². The van der Waals surface area contributed by atoms with E-state index in [4.69, 9.17) is 4.74 Å². The number of carbonyl (C=O) groups excluding carboxylic acids is 1. The smallest absolute Gasteiger partial charge is 0.149 e. The second-order valence-electron chi connectivity index (χ2n) is 10.00. The van der Waals surface area contributed by atoms with Gasteiger partial charge in [-0.05, 0) is 39.0 Å². The number of ether oxygens (including phenoxy) is 1. The Morgan fingerprint density at radius 2 is 1.68 bits per heavy atom. The molecule has 5 fully saturated rings. The van der Waals surface area contributed by atoms with Crippen molar-refractivity contribution in [3.63, 3.8) is 0 Å². The maximum atomic E-state index is 13.0. The molecule has 138 valence electrons.